The maximum absolute atomic E-state index is 13.3. The summed E-state index contributed by atoms with van der Waals surface area (Å²) in [6, 6.07) is 3.30. The molecule has 19 heavy (non-hydrogen) atoms. The minimum Gasteiger partial charge on any atom is -0.481 e. The van der Waals surface area contributed by atoms with E-state index in [1.807, 2.05) is 0 Å². The molecule has 0 bridgehead atoms. The fourth-order valence-corrected chi connectivity index (χ4v) is 1.55. The summed E-state index contributed by atoms with van der Waals surface area (Å²) in [7, 11) is 0. The Kier molecular flexibility index (Phi) is 4.04. The average molecular weight is 336 g/mol. The predicted molar refractivity (Wildman–Crippen MR) is 62.5 cm³/mol. The molecule has 0 aliphatic rings. The molecular weight excluding hydrogens is 330 g/mol. The molecule has 0 saturated heterocycles. The van der Waals surface area contributed by atoms with Crippen LogP contribution in [-0.4, -0.2) is 4.98 Å². The van der Waals surface area contributed by atoms with Crippen LogP contribution in [-0.2, 0) is 6.61 Å². The highest BCUT2D eigenvalue weighted by Crippen LogP contribution is 2.27. The summed E-state index contributed by atoms with van der Waals surface area (Å²) < 4.78 is 57.8. The lowest BCUT2D eigenvalue weighted by Gasteiger charge is -2.09. The van der Waals surface area contributed by atoms with Crippen molar-refractivity contribution < 1.29 is 22.3 Å². The number of hydrogen-bond acceptors (Lipinski definition) is 2. The van der Waals surface area contributed by atoms with E-state index in [4.69, 9.17) is 4.74 Å². The Morgan fingerprint density at radius 3 is 2.21 bits per heavy atom. The van der Waals surface area contributed by atoms with Gasteiger partial charge in [-0.2, -0.15) is 8.78 Å². The molecule has 2 nitrogen and oxygen atoms in total. The van der Waals surface area contributed by atoms with Gasteiger partial charge in [0.25, 0.3) is 0 Å². The lowest BCUT2D eigenvalue weighted by Crippen LogP contribution is -2.04. The lowest BCUT2D eigenvalue weighted by atomic mass is 10.3. The summed E-state index contributed by atoms with van der Waals surface area (Å²) >= 11 is 3.16. The van der Waals surface area contributed by atoms with Gasteiger partial charge >= 0.3 is 0 Å². The molecule has 0 unspecified atom stereocenters. The molecule has 7 heteroatoms. The van der Waals surface area contributed by atoms with Crippen molar-refractivity contribution in [1.82, 2.24) is 4.98 Å². The molecular formula is C12H6BrF4NO. The first-order valence-electron chi connectivity index (χ1n) is 5.05. The van der Waals surface area contributed by atoms with E-state index in [-0.39, 0.29) is 12.7 Å². The van der Waals surface area contributed by atoms with Crippen molar-refractivity contribution >= 4 is 15.9 Å². The molecule has 0 atom stereocenters. The van der Waals surface area contributed by atoms with E-state index in [9.17, 15) is 17.6 Å². The fraction of sp³-hybridized carbons (Fsp3) is 0.0833. The van der Waals surface area contributed by atoms with E-state index in [1.165, 1.54) is 12.3 Å². The van der Waals surface area contributed by atoms with Gasteiger partial charge in [0.05, 0.1) is 5.69 Å². The number of benzene rings is 1. The Bertz CT molecular complexity index is 577. The van der Waals surface area contributed by atoms with Crippen LogP contribution in [0.15, 0.2) is 28.9 Å². The highest BCUT2D eigenvalue weighted by atomic mass is 79.9. The van der Waals surface area contributed by atoms with E-state index in [0.29, 0.717) is 10.2 Å². The molecule has 0 radical (unpaired) electrons. The van der Waals surface area contributed by atoms with Gasteiger partial charge in [0.2, 0.25) is 11.6 Å². The highest BCUT2D eigenvalue weighted by Gasteiger charge is 2.20. The molecule has 0 aliphatic heterocycles. The van der Waals surface area contributed by atoms with Crippen molar-refractivity contribution in [2.45, 2.75) is 6.61 Å². The van der Waals surface area contributed by atoms with Crippen molar-refractivity contribution in [3.05, 3.63) is 57.8 Å². The number of hydrogen-bond donors (Lipinski definition) is 0. The van der Waals surface area contributed by atoms with E-state index in [1.54, 1.807) is 6.07 Å². The first-order valence-corrected chi connectivity index (χ1v) is 5.84. The predicted octanol–water partition coefficient (Wildman–Crippen LogP) is 3.98. The van der Waals surface area contributed by atoms with E-state index < -0.39 is 29.0 Å². The van der Waals surface area contributed by atoms with E-state index >= 15 is 0 Å². The van der Waals surface area contributed by atoms with Crippen molar-refractivity contribution in [2.24, 2.45) is 0 Å². The van der Waals surface area contributed by atoms with Crippen LogP contribution in [0.5, 0.6) is 5.75 Å². The van der Waals surface area contributed by atoms with Crippen molar-refractivity contribution in [2.75, 3.05) is 0 Å². The Hall–Kier alpha value is -1.63. The molecule has 0 N–H and O–H groups in total. The molecule has 0 saturated carbocycles. The molecule has 0 aliphatic carbocycles. The van der Waals surface area contributed by atoms with Crippen LogP contribution in [0.25, 0.3) is 0 Å². The topological polar surface area (TPSA) is 22.1 Å². The standard InChI is InChI=1S/C12H6BrF4NO/c13-6-1-2-7(18-4-6)5-19-12-10(16)8(14)3-9(15)11(12)17/h1-4H,5H2. The monoisotopic (exact) mass is 335 g/mol. The number of ether oxygens (including phenoxy) is 1. The van der Waals surface area contributed by atoms with Crippen LogP contribution in [0.3, 0.4) is 0 Å². The summed E-state index contributed by atoms with van der Waals surface area (Å²) in [6.45, 7) is -0.315. The van der Waals surface area contributed by atoms with Crippen molar-refractivity contribution in [3.8, 4) is 5.75 Å². The van der Waals surface area contributed by atoms with Gasteiger partial charge in [-0.15, -0.1) is 0 Å². The molecule has 2 rings (SSSR count). The third kappa shape index (κ3) is 3.04. The van der Waals surface area contributed by atoms with Gasteiger partial charge in [-0.25, -0.2) is 8.78 Å². The SMILES string of the molecule is Fc1cc(F)c(F)c(OCc2ccc(Br)cn2)c1F. The Morgan fingerprint density at radius 2 is 1.68 bits per heavy atom. The zero-order valence-electron chi connectivity index (χ0n) is 9.26. The molecule has 1 aromatic carbocycles. The van der Waals surface area contributed by atoms with Gasteiger partial charge in [0.15, 0.2) is 17.4 Å². The van der Waals surface area contributed by atoms with Gasteiger partial charge in [-0.05, 0) is 28.1 Å². The quantitative estimate of drug-likeness (QED) is 0.625. The van der Waals surface area contributed by atoms with Crippen LogP contribution >= 0.6 is 15.9 Å². The molecule has 1 heterocycles. The molecule has 0 amide bonds. The maximum atomic E-state index is 13.3. The molecule has 2 aromatic rings. The first-order chi connectivity index (χ1) is 8.99. The number of rotatable bonds is 3. The van der Waals surface area contributed by atoms with Gasteiger partial charge in [-0.3, -0.25) is 4.98 Å². The Labute approximate surface area is 114 Å². The maximum Gasteiger partial charge on any atom is 0.203 e. The normalized spacial score (nSPS) is 10.6. The highest BCUT2D eigenvalue weighted by molar-refractivity contribution is 9.10. The van der Waals surface area contributed by atoms with E-state index in [0.717, 1.165) is 0 Å². The second-order valence-corrected chi connectivity index (χ2v) is 4.47. The van der Waals surface area contributed by atoms with Gasteiger partial charge in [-0.1, -0.05) is 0 Å². The van der Waals surface area contributed by atoms with Crippen LogP contribution in [0.1, 0.15) is 5.69 Å². The summed E-state index contributed by atoms with van der Waals surface area (Å²) in [6.07, 6.45) is 1.46. The van der Waals surface area contributed by atoms with Crippen molar-refractivity contribution in [3.63, 3.8) is 0 Å². The Morgan fingerprint density at radius 1 is 1.05 bits per heavy atom. The van der Waals surface area contributed by atoms with Gasteiger partial charge < -0.3 is 4.74 Å². The lowest BCUT2D eigenvalue weighted by molar-refractivity contribution is 0.258. The summed E-state index contributed by atoms with van der Waals surface area (Å²) in [5, 5.41) is 0. The zero-order chi connectivity index (χ0) is 14.0. The third-order valence-corrected chi connectivity index (χ3v) is 2.69. The second-order valence-electron chi connectivity index (χ2n) is 3.55. The number of pyridine rings is 1. The zero-order valence-corrected chi connectivity index (χ0v) is 10.8. The van der Waals surface area contributed by atoms with Crippen LogP contribution in [0.2, 0.25) is 0 Å². The number of nitrogens with zero attached hydrogens (tertiary/aromatic N) is 1. The van der Waals surface area contributed by atoms with Crippen LogP contribution in [0.4, 0.5) is 17.6 Å². The van der Waals surface area contributed by atoms with Crippen molar-refractivity contribution in [1.29, 1.82) is 0 Å². The minimum absolute atomic E-state index is 0.120. The molecule has 1 aromatic heterocycles. The second kappa shape index (κ2) is 5.56. The summed E-state index contributed by atoms with van der Waals surface area (Å²) in [4.78, 5) is 3.89. The van der Waals surface area contributed by atoms with E-state index in [2.05, 4.69) is 20.9 Å². The smallest absolute Gasteiger partial charge is 0.203 e. The first kappa shape index (κ1) is 13.8. The largest absolute Gasteiger partial charge is 0.481 e. The van der Waals surface area contributed by atoms with Gasteiger partial charge in [0.1, 0.15) is 6.61 Å². The average Bonchev–Trinajstić information content (AvgIpc) is 2.38. The Balaban J connectivity index is 2.22. The number of aromatic nitrogens is 1. The van der Waals surface area contributed by atoms with Crippen LogP contribution < -0.4 is 4.74 Å². The summed E-state index contributed by atoms with van der Waals surface area (Å²) in [5.74, 6) is -7.27. The minimum atomic E-state index is -1.57. The molecule has 100 valence electrons. The molecule has 0 spiro atoms. The fourth-order valence-electron chi connectivity index (χ4n) is 1.32. The van der Waals surface area contributed by atoms with Crippen LogP contribution in [0, 0.1) is 23.3 Å². The molecule has 0 fully saturated rings. The number of halogens is 5. The van der Waals surface area contributed by atoms with Gasteiger partial charge in [0, 0.05) is 16.7 Å². The third-order valence-electron chi connectivity index (χ3n) is 2.22. The summed E-state index contributed by atoms with van der Waals surface area (Å²) in [5.41, 5.74) is 0.353.